The Balaban J connectivity index is 2.43. The molecule has 0 radical (unpaired) electrons. The van der Waals surface area contributed by atoms with Crippen molar-refractivity contribution >= 4 is 10.9 Å². The number of fused-ring (bicyclic) bond motifs is 1. The van der Waals surface area contributed by atoms with Crippen LogP contribution in [0, 0.1) is 19.7 Å². The summed E-state index contributed by atoms with van der Waals surface area (Å²) in [6, 6.07) is 7.58. The lowest BCUT2D eigenvalue weighted by Crippen LogP contribution is -2.23. The fourth-order valence-corrected chi connectivity index (χ4v) is 2.26. The molecule has 0 amide bonds. The van der Waals surface area contributed by atoms with E-state index < -0.39 is 5.82 Å². The van der Waals surface area contributed by atoms with E-state index in [0.717, 1.165) is 5.69 Å². The van der Waals surface area contributed by atoms with Crippen LogP contribution in [0.25, 0.3) is 16.6 Å². The molecule has 0 saturated heterocycles. The minimum absolute atomic E-state index is 0.263. The average molecular weight is 269 g/mol. The Morgan fingerprint density at radius 3 is 2.75 bits per heavy atom. The Hall–Kier alpha value is -2.56. The Bertz CT molecular complexity index is 871. The number of aryl methyl sites for hydroxylation is 2. The summed E-state index contributed by atoms with van der Waals surface area (Å²) < 4.78 is 14.8. The largest absolute Gasteiger partial charge is 0.268 e. The summed E-state index contributed by atoms with van der Waals surface area (Å²) in [5.41, 5.74) is 1.58. The summed E-state index contributed by atoms with van der Waals surface area (Å²) in [6.07, 6.45) is 1.66. The number of rotatable bonds is 1. The predicted molar refractivity (Wildman–Crippen MR) is 74.6 cm³/mol. The van der Waals surface area contributed by atoms with Gasteiger partial charge >= 0.3 is 0 Å². The van der Waals surface area contributed by atoms with Gasteiger partial charge in [0.2, 0.25) is 0 Å². The number of aromatic nitrogens is 3. The first kappa shape index (κ1) is 12.5. The van der Waals surface area contributed by atoms with E-state index in [1.165, 1.54) is 22.8 Å². The summed E-state index contributed by atoms with van der Waals surface area (Å²) in [4.78, 5) is 21.1. The second kappa shape index (κ2) is 4.52. The highest BCUT2D eigenvalue weighted by molar-refractivity contribution is 5.78. The molecule has 0 atom stereocenters. The quantitative estimate of drug-likeness (QED) is 0.682. The molecule has 0 aliphatic rings. The average Bonchev–Trinajstić information content (AvgIpc) is 2.42. The molecule has 3 aromatic rings. The molecule has 3 rings (SSSR count). The molecular weight excluding hydrogens is 257 g/mol. The fourth-order valence-electron chi connectivity index (χ4n) is 2.26. The second-order valence-corrected chi connectivity index (χ2v) is 4.57. The first-order valence-electron chi connectivity index (χ1n) is 6.19. The van der Waals surface area contributed by atoms with E-state index in [1.807, 2.05) is 6.92 Å². The Morgan fingerprint density at radius 2 is 2.00 bits per heavy atom. The number of pyridine rings is 1. The van der Waals surface area contributed by atoms with Crippen LogP contribution in [-0.2, 0) is 0 Å². The normalized spacial score (nSPS) is 10.9. The molecule has 2 heterocycles. The Labute approximate surface area is 114 Å². The van der Waals surface area contributed by atoms with Crippen LogP contribution in [0.2, 0.25) is 0 Å². The molecule has 1 aromatic carbocycles. The molecule has 0 aliphatic heterocycles. The SMILES string of the molecule is Cc1ncccc1-n1c(C)nc2ccc(F)cc2c1=O. The summed E-state index contributed by atoms with van der Waals surface area (Å²) >= 11 is 0. The molecule has 0 aliphatic carbocycles. The van der Waals surface area contributed by atoms with Crippen molar-refractivity contribution in [3.63, 3.8) is 0 Å². The number of hydrogen-bond donors (Lipinski definition) is 0. The number of halogens is 1. The van der Waals surface area contributed by atoms with E-state index in [0.29, 0.717) is 17.0 Å². The van der Waals surface area contributed by atoms with E-state index in [-0.39, 0.29) is 10.9 Å². The van der Waals surface area contributed by atoms with Crippen LogP contribution in [0.3, 0.4) is 0 Å². The van der Waals surface area contributed by atoms with Gasteiger partial charge in [-0.25, -0.2) is 9.37 Å². The van der Waals surface area contributed by atoms with Gasteiger partial charge in [0.1, 0.15) is 11.6 Å². The lowest BCUT2D eigenvalue weighted by atomic mass is 10.2. The maximum absolute atomic E-state index is 13.3. The molecule has 0 saturated carbocycles. The summed E-state index contributed by atoms with van der Waals surface area (Å²) in [5, 5.41) is 0.263. The van der Waals surface area contributed by atoms with Crippen molar-refractivity contribution < 1.29 is 4.39 Å². The van der Waals surface area contributed by atoms with E-state index >= 15 is 0 Å². The van der Waals surface area contributed by atoms with Gasteiger partial charge in [0, 0.05) is 6.20 Å². The van der Waals surface area contributed by atoms with Gasteiger partial charge in [-0.3, -0.25) is 14.3 Å². The van der Waals surface area contributed by atoms with Crippen LogP contribution in [0.1, 0.15) is 11.5 Å². The van der Waals surface area contributed by atoms with E-state index in [9.17, 15) is 9.18 Å². The van der Waals surface area contributed by atoms with Gasteiger partial charge in [-0.15, -0.1) is 0 Å². The van der Waals surface area contributed by atoms with Crippen LogP contribution < -0.4 is 5.56 Å². The molecule has 4 nitrogen and oxygen atoms in total. The van der Waals surface area contributed by atoms with Crippen molar-refractivity contribution in [3.05, 3.63) is 64.2 Å². The van der Waals surface area contributed by atoms with Crippen molar-refractivity contribution in [1.82, 2.24) is 14.5 Å². The maximum atomic E-state index is 13.3. The molecule has 0 unspecified atom stereocenters. The summed E-state index contributed by atoms with van der Waals surface area (Å²) in [7, 11) is 0. The fraction of sp³-hybridized carbons (Fsp3) is 0.133. The van der Waals surface area contributed by atoms with Gasteiger partial charge < -0.3 is 0 Å². The minimum Gasteiger partial charge on any atom is -0.268 e. The highest BCUT2D eigenvalue weighted by Gasteiger charge is 2.12. The van der Waals surface area contributed by atoms with Crippen LogP contribution in [0.5, 0.6) is 0 Å². The van der Waals surface area contributed by atoms with Gasteiger partial charge in [0.15, 0.2) is 0 Å². The predicted octanol–water partition coefficient (Wildman–Crippen LogP) is 2.54. The topological polar surface area (TPSA) is 47.8 Å². The van der Waals surface area contributed by atoms with E-state index in [4.69, 9.17) is 0 Å². The molecule has 2 aromatic heterocycles. The van der Waals surface area contributed by atoms with E-state index in [1.54, 1.807) is 25.3 Å². The third kappa shape index (κ3) is 1.87. The summed E-state index contributed by atoms with van der Waals surface area (Å²) in [6.45, 7) is 3.56. The van der Waals surface area contributed by atoms with Crippen LogP contribution in [0.4, 0.5) is 4.39 Å². The first-order valence-corrected chi connectivity index (χ1v) is 6.19. The molecule has 100 valence electrons. The number of benzene rings is 1. The molecule has 0 spiro atoms. The molecule has 0 bridgehead atoms. The van der Waals surface area contributed by atoms with Gasteiger partial charge in [-0.2, -0.15) is 0 Å². The van der Waals surface area contributed by atoms with Crippen LogP contribution >= 0.6 is 0 Å². The zero-order valence-corrected chi connectivity index (χ0v) is 11.1. The van der Waals surface area contributed by atoms with E-state index in [2.05, 4.69) is 9.97 Å². The van der Waals surface area contributed by atoms with Crippen molar-refractivity contribution in [1.29, 1.82) is 0 Å². The van der Waals surface area contributed by atoms with Crippen molar-refractivity contribution in [2.75, 3.05) is 0 Å². The highest BCUT2D eigenvalue weighted by Crippen LogP contribution is 2.15. The van der Waals surface area contributed by atoms with Crippen molar-refractivity contribution in [2.24, 2.45) is 0 Å². The molecule has 0 fully saturated rings. The van der Waals surface area contributed by atoms with Crippen molar-refractivity contribution in [3.8, 4) is 5.69 Å². The third-order valence-corrected chi connectivity index (χ3v) is 3.22. The lowest BCUT2D eigenvalue weighted by Gasteiger charge is -2.12. The zero-order valence-electron chi connectivity index (χ0n) is 11.1. The number of hydrogen-bond acceptors (Lipinski definition) is 3. The highest BCUT2D eigenvalue weighted by atomic mass is 19.1. The van der Waals surface area contributed by atoms with Gasteiger partial charge in [0.25, 0.3) is 5.56 Å². The van der Waals surface area contributed by atoms with Gasteiger partial charge in [-0.05, 0) is 44.2 Å². The van der Waals surface area contributed by atoms with Gasteiger partial charge in [-0.1, -0.05) is 0 Å². The Kier molecular flexibility index (Phi) is 2.82. The van der Waals surface area contributed by atoms with Crippen LogP contribution in [0.15, 0.2) is 41.3 Å². The maximum Gasteiger partial charge on any atom is 0.266 e. The second-order valence-electron chi connectivity index (χ2n) is 4.57. The monoisotopic (exact) mass is 269 g/mol. The third-order valence-electron chi connectivity index (χ3n) is 3.22. The molecule has 0 N–H and O–H groups in total. The molecular formula is C15H12FN3O. The van der Waals surface area contributed by atoms with Gasteiger partial charge in [0.05, 0.1) is 22.3 Å². The number of nitrogens with zero attached hydrogens (tertiary/aromatic N) is 3. The first-order chi connectivity index (χ1) is 9.58. The zero-order chi connectivity index (χ0) is 14.3. The molecule has 20 heavy (non-hydrogen) atoms. The van der Waals surface area contributed by atoms with Crippen molar-refractivity contribution in [2.45, 2.75) is 13.8 Å². The Morgan fingerprint density at radius 1 is 1.20 bits per heavy atom. The lowest BCUT2D eigenvalue weighted by molar-refractivity contribution is 0.629. The molecule has 5 heteroatoms. The standard InChI is InChI=1S/C15H12FN3O/c1-9-14(4-3-7-17-9)19-10(2)18-13-6-5-11(16)8-12(13)15(19)20/h3-8H,1-2H3. The summed E-state index contributed by atoms with van der Waals surface area (Å²) in [5.74, 6) is 0.0971. The van der Waals surface area contributed by atoms with Crippen LogP contribution in [-0.4, -0.2) is 14.5 Å². The smallest absolute Gasteiger partial charge is 0.266 e. The minimum atomic E-state index is -0.449.